The molecule has 2 unspecified atom stereocenters. The zero-order chi connectivity index (χ0) is 15.9. The minimum absolute atomic E-state index is 0.0671. The van der Waals surface area contributed by atoms with Crippen molar-refractivity contribution in [2.24, 2.45) is 5.92 Å². The Labute approximate surface area is 120 Å². The number of hydrogen-bond acceptors (Lipinski definition) is 5. The molecule has 0 aliphatic heterocycles. The predicted molar refractivity (Wildman–Crippen MR) is 71.5 cm³/mol. The number of esters is 1. The summed E-state index contributed by atoms with van der Waals surface area (Å²) in [5, 5.41) is 11.2. The first-order valence-electron chi connectivity index (χ1n) is 6.85. The van der Waals surface area contributed by atoms with Crippen molar-refractivity contribution in [3.63, 3.8) is 0 Å². The highest BCUT2D eigenvalue weighted by atomic mass is 16.5. The van der Waals surface area contributed by atoms with Crippen LogP contribution in [0.15, 0.2) is 0 Å². The summed E-state index contributed by atoms with van der Waals surface area (Å²) in [5.41, 5.74) is 0. The number of aliphatic carboxylic acids is 1. The normalized spacial score (nSPS) is 14.4. The van der Waals surface area contributed by atoms with Crippen LogP contribution in [0.1, 0.15) is 33.1 Å². The Balaban J connectivity index is 5.19. The lowest BCUT2D eigenvalue weighted by Crippen LogP contribution is -2.52. The van der Waals surface area contributed by atoms with E-state index >= 15 is 0 Å². The molecule has 0 saturated heterocycles. The molecule has 0 fully saturated rings. The van der Waals surface area contributed by atoms with Gasteiger partial charge in [0.05, 0.1) is 33.0 Å². The van der Waals surface area contributed by atoms with E-state index in [2.05, 4.69) is 0 Å². The molecular formula is C14H25NO5. The number of carboxylic acids is 1. The maximum absolute atomic E-state index is 11.8. The van der Waals surface area contributed by atoms with Crippen LogP contribution in [0.4, 0.5) is 0 Å². The van der Waals surface area contributed by atoms with Gasteiger partial charge in [0.1, 0.15) is 12.3 Å². The van der Waals surface area contributed by atoms with Crippen molar-refractivity contribution in [3.8, 4) is 0 Å². The van der Waals surface area contributed by atoms with E-state index in [9.17, 15) is 19.5 Å². The number of carboxylic acid groups (broad SMARTS) is 1. The Hall–Kier alpha value is -1.43. The number of hydrogen-bond donors (Lipinski definition) is 0. The standard InChI is InChI=1S/C14H25NO5/c1-6-8-12(17)20-11(9-15(3,4)5)13(14(18)19)10(16)7-2/h11,13H,6-9H2,1-5H3. The lowest BCUT2D eigenvalue weighted by atomic mass is 9.94. The molecule has 0 aromatic rings. The second-order valence-electron chi connectivity index (χ2n) is 5.87. The van der Waals surface area contributed by atoms with Crippen molar-refractivity contribution >= 4 is 17.7 Å². The number of quaternary nitrogens is 1. The minimum Gasteiger partial charge on any atom is -0.549 e. The molecule has 0 aliphatic rings. The van der Waals surface area contributed by atoms with E-state index < -0.39 is 29.7 Å². The Morgan fingerprint density at radius 2 is 1.70 bits per heavy atom. The number of rotatable bonds is 9. The van der Waals surface area contributed by atoms with Gasteiger partial charge in [-0.15, -0.1) is 0 Å². The first kappa shape index (κ1) is 18.6. The Bertz CT molecular complexity index is 359. The van der Waals surface area contributed by atoms with Gasteiger partial charge in [-0.05, 0) is 6.42 Å². The summed E-state index contributed by atoms with van der Waals surface area (Å²) in [6, 6.07) is 0. The molecule has 0 aromatic heterocycles. The van der Waals surface area contributed by atoms with Gasteiger partial charge in [0, 0.05) is 12.8 Å². The summed E-state index contributed by atoms with van der Waals surface area (Å²) in [5.74, 6) is -3.85. The van der Waals surface area contributed by atoms with Gasteiger partial charge in [0.15, 0.2) is 6.10 Å². The van der Waals surface area contributed by atoms with E-state index in [1.807, 2.05) is 28.1 Å². The molecule has 116 valence electrons. The van der Waals surface area contributed by atoms with E-state index in [4.69, 9.17) is 4.74 Å². The van der Waals surface area contributed by atoms with Gasteiger partial charge in [-0.2, -0.15) is 0 Å². The minimum atomic E-state index is -1.49. The largest absolute Gasteiger partial charge is 0.549 e. The van der Waals surface area contributed by atoms with E-state index in [1.165, 1.54) is 0 Å². The number of carbonyl (C=O) groups is 3. The maximum atomic E-state index is 11.8. The van der Waals surface area contributed by atoms with Crippen LogP contribution in [-0.4, -0.2) is 56.0 Å². The van der Waals surface area contributed by atoms with Crippen LogP contribution in [0.3, 0.4) is 0 Å². The SMILES string of the molecule is CCCC(=O)OC(C[N+](C)(C)C)C(C(=O)[O-])C(=O)CC. The molecule has 0 aliphatic carbocycles. The molecule has 0 rings (SSSR count). The van der Waals surface area contributed by atoms with Crippen molar-refractivity contribution in [1.82, 2.24) is 0 Å². The molecule has 0 heterocycles. The third-order valence-electron chi connectivity index (χ3n) is 2.79. The number of ketones is 1. The average molecular weight is 287 g/mol. The molecule has 2 atom stereocenters. The average Bonchev–Trinajstić information content (AvgIpc) is 2.26. The second-order valence-corrected chi connectivity index (χ2v) is 5.87. The molecule has 20 heavy (non-hydrogen) atoms. The van der Waals surface area contributed by atoms with Gasteiger partial charge in [0.2, 0.25) is 0 Å². The first-order valence-corrected chi connectivity index (χ1v) is 6.85. The molecular weight excluding hydrogens is 262 g/mol. The van der Waals surface area contributed by atoms with Gasteiger partial charge in [-0.1, -0.05) is 13.8 Å². The fourth-order valence-electron chi connectivity index (χ4n) is 1.89. The van der Waals surface area contributed by atoms with Crippen LogP contribution in [0, 0.1) is 5.92 Å². The third-order valence-corrected chi connectivity index (χ3v) is 2.79. The summed E-state index contributed by atoms with van der Waals surface area (Å²) < 4.78 is 5.60. The van der Waals surface area contributed by atoms with E-state index in [-0.39, 0.29) is 19.4 Å². The molecule has 0 aromatic carbocycles. The van der Waals surface area contributed by atoms with Crippen LogP contribution in [0.5, 0.6) is 0 Å². The van der Waals surface area contributed by atoms with Gasteiger partial charge < -0.3 is 19.1 Å². The number of nitrogens with zero attached hydrogens (tertiary/aromatic N) is 1. The summed E-state index contributed by atoms with van der Waals surface area (Å²) >= 11 is 0. The van der Waals surface area contributed by atoms with Gasteiger partial charge in [-0.3, -0.25) is 9.59 Å². The molecule has 6 nitrogen and oxygen atoms in total. The molecule has 0 N–H and O–H groups in total. The van der Waals surface area contributed by atoms with E-state index in [0.717, 1.165) is 0 Å². The molecule has 0 spiro atoms. The highest BCUT2D eigenvalue weighted by Crippen LogP contribution is 2.15. The molecule has 0 amide bonds. The number of ether oxygens (including phenoxy) is 1. The fraction of sp³-hybridized carbons (Fsp3) is 0.786. The summed E-state index contributed by atoms with van der Waals surface area (Å²) in [4.78, 5) is 34.7. The Kier molecular flexibility index (Phi) is 7.42. The smallest absolute Gasteiger partial charge is 0.306 e. The highest BCUT2D eigenvalue weighted by molar-refractivity contribution is 5.98. The Morgan fingerprint density at radius 1 is 1.15 bits per heavy atom. The van der Waals surface area contributed by atoms with Crippen LogP contribution in [0.25, 0.3) is 0 Å². The number of Topliss-reactive ketones (excluding diaryl/α,β-unsaturated/α-hetero) is 1. The highest BCUT2D eigenvalue weighted by Gasteiger charge is 2.35. The molecule has 0 radical (unpaired) electrons. The first-order chi connectivity index (χ1) is 9.12. The Morgan fingerprint density at radius 3 is 2.05 bits per heavy atom. The third kappa shape index (κ3) is 6.65. The zero-order valence-electron chi connectivity index (χ0n) is 13.0. The summed E-state index contributed by atoms with van der Waals surface area (Å²) in [6.07, 6.45) is -0.120. The summed E-state index contributed by atoms with van der Waals surface area (Å²) in [7, 11) is 5.51. The number of likely N-dealkylation sites (N-methyl/N-ethyl adjacent to an activating group) is 1. The molecule has 6 heteroatoms. The summed E-state index contributed by atoms with van der Waals surface area (Å²) in [6.45, 7) is 3.64. The quantitative estimate of drug-likeness (QED) is 0.332. The predicted octanol–water partition coefficient (Wildman–Crippen LogP) is -0.250. The van der Waals surface area contributed by atoms with Crippen molar-refractivity contribution in [2.45, 2.75) is 39.2 Å². The van der Waals surface area contributed by atoms with Crippen LogP contribution >= 0.6 is 0 Å². The van der Waals surface area contributed by atoms with Gasteiger partial charge >= 0.3 is 5.97 Å². The van der Waals surface area contributed by atoms with Crippen LogP contribution in [-0.2, 0) is 19.1 Å². The number of carbonyl (C=O) groups excluding carboxylic acids is 3. The van der Waals surface area contributed by atoms with Crippen LogP contribution < -0.4 is 5.11 Å². The fourth-order valence-corrected chi connectivity index (χ4v) is 1.89. The van der Waals surface area contributed by atoms with Crippen molar-refractivity contribution < 1.29 is 28.7 Å². The van der Waals surface area contributed by atoms with E-state index in [0.29, 0.717) is 10.9 Å². The molecule has 0 saturated carbocycles. The van der Waals surface area contributed by atoms with Crippen molar-refractivity contribution in [3.05, 3.63) is 0 Å². The maximum Gasteiger partial charge on any atom is 0.306 e. The van der Waals surface area contributed by atoms with Gasteiger partial charge in [-0.25, -0.2) is 0 Å². The van der Waals surface area contributed by atoms with Crippen molar-refractivity contribution in [1.29, 1.82) is 0 Å². The van der Waals surface area contributed by atoms with Crippen LogP contribution in [0.2, 0.25) is 0 Å². The lowest BCUT2D eigenvalue weighted by Gasteiger charge is -2.33. The zero-order valence-corrected chi connectivity index (χ0v) is 13.0. The lowest BCUT2D eigenvalue weighted by molar-refractivity contribution is -0.873. The van der Waals surface area contributed by atoms with E-state index in [1.54, 1.807) is 6.92 Å². The van der Waals surface area contributed by atoms with Crippen molar-refractivity contribution in [2.75, 3.05) is 27.7 Å². The second kappa shape index (κ2) is 7.99. The monoisotopic (exact) mass is 287 g/mol. The molecule has 0 bridgehead atoms. The topological polar surface area (TPSA) is 83.5 Å². The van der Waals surface area contributed by atoms with Gasteiger partial charge in [0.25, 0.3) is 0 Å².